The van der Waals surface area contributed by atoms with Crippen molar-refractivity contribution in [3.8, 4) is 0 Å². The number of hydrazone groups is 1. The molecule has 0 aliphatic carbocycles. The van der Waals surface area contributed by atoms with Gasteiger partial charge in [0.05, 0.1) is 13.2 Å². The lowest BCUT2D eigenvalue weighted by molar-refractivity contribution is 0.0991. The fourth-order valence-corrected chi connectivity index (χ4v) is 0.762. The summed E-state index contributed by atoms with van der Waals surface area (Å²) in [7, 11) is 3.30. The average Bonchev–Trinajstić information content (AvgIpc) is 2.26. The number of aliphatic hydroxyl groups is 1. The number of ether oxygens (including phenoxy) is 1. The Labute approximate surface area is 65.0 Å². The van der Waals surface area contributed by atoms with Gasteiger partial charge in [-0.3, -0.25) is 0 Å². The van der Waals surface area contributed by atoms with Crippen LogP contribution in [-0.2, 0) is 4.74 Å². The second kappa shape index (κ2) is 3.40. The standard InChI is InChI=1S/C5H12N4O2/c1-8-6-5(10)9(7-8)3-4-11-2/h7H,3-4H2,1-2H3,(H,6,10). The Hall–Kier alpha value is -1.01. The third-order valence-electron chi connectivity index (χ3n) is 1.27. The molecule has 64 valence electrons. The quantitative estimate of drug-likeness (QED) is 0.562. The van der Waals surface area contributed by atoms with E-state index in [4.69, 9.17) is 9.84 Å². The molecule has 1 rings (SSSR count). The minimum Gasteiger partial charge on any atom is -0.478 e. The molecule has 1 aliphatic heterocycles. The maximum Gasteiger partial charge on any atom is 0.324 e. The lowest BCUT2D eigenvalue weighted by atomic mass is 10.7. The normalized spacial score (nSPS) is 17.5. The molecule has 0 amide bonds. The molecule has 0 radical (unpaired) electrons. The number of hydrazine groups is 2. The first-order valence-electron chi connectivity index (χ1n) is 3.28. The molecular formula is C5H12N4O2. The van der Waals surface area contributed by atoms with Gasteiger partial charge in [-0.1, -0.05) is 0 Å². The van der Waals surface area contributed by atoms with Crippen LogP contribution in [0.1, 0.15) is 0 Å². The first kappa shape index (κ1) is 8.09. The van der Waals surface area contributed by atoms with Gasteiger partial charge in [0.1, 0.15) is 0 Å². The SMILES string of the molecule is COCCN1NN(C)N=C1O. The van der Waals surface area contributed by atoms with Crippen LogP contribution >= 0.6 is 0 Å². The number of nitrogens with one attached hydrogen (secondary N) is 1. The molecule has 2 N–H and O–H groups in total. The highest BCUT2D eigenvalue weighted by Gasteiger charge is 2.17. The Balaban J connectivity index is 2.32. The van der Waals surface area contributed by atoms with Crippen molar-refractivity contribution in [2.24, 2.45) is 5.10 Å². The molecule has 0 bridgehead atoms. The molecule has 6 heteroatoms. The van der Waals surface area contributed by atoms with E-state index in [9.17, 15) is 0 Å². The van der Waals surface area contributed by atoms with Crippen molar-refractivity contribution in [2.75, 3.05) is 27.3 Å². The Morgan fingerprint density at radius 3 is 2.91 bits per heavy atom. The van der Waals surface area contributed by atoms with E-state index in [1.165, 1.54) is 10.1 Å². The van der Waals surface area contributed by atoms with Crippen LogP contribution in [0.4, 0.5) is 0 Å². The summed E-state index contributed by atoms with van der Waals surface area (Å²) in [5.74, 6) is 0. The van der Waals surface area contributed by atoms with Gasteiger partial charge in [0.25, 0.3) is 0 Å². The fourth-order valence-electron chi connectivity index (χ4n) is 0.762. The fraction of sp³-hybridized carbons (Fsp3) is 0.800. The number of amidine groups is 1. The maximum absolute atomic E-state index is 9.10. The van der Waals surface area contributed by atoms with Gasteiger partial charge in [0.2, 0.25) is 0 Å². The first-order chi connectivity index (χ1) is 5.24. The monoisotopic (exact) mass is 160 g/mol. The molecule has 0 saturated heterocycles. The summed E-state index contributed by atoms with van der Waals surface area (Å²) in [4.78, 5) is 0. The maximum atomic E-state index is 9.10. The van der Waals surface area contributed by atoms with Gasteiger partial charge in [-0.2, -0.15) is 0 Å². The van der Waals surface area contributed by atoms with Crippen LogP contribution in [0.5, 0.6) is 0 Å². The lowest BCUT2D eigenvalue weighted by Crippen LogP contribution is -2.43. The molecule has 0 fully saturated rings. The lowest BCUT2D eigenvalue weighted by Gasteiger charge is -2.16. The molecule has 0 aromatic heterocycles. The summed E-state index contributed by atoms with van der Waals surface area (Å²) >= 11 is 0. The van der Waals surface area contributed by atoms with Crippen LogP contribution in [0.15, 0.2) is 5.10 Å². The Morgan fingerprint density at radius 1 is 1.73 bits per heavy atom. The van der Waals surface area contributed by atoms with E-state index in [0.29, 0.717) is 13.2 Å². The van der Waals surface area contributed by atoms with Crippen LogP contribution in [0.2, 0.25) is 0 Å². The number of nitrogens with zero attached hydrogens (tertiary/aromatic N) is 3. The molecule has 11 heavy (non-hydrogen) atoms. The van der Waals surface area contributed by atoms with E-state index in [-0.39, 0.29) is 6.02 Å². The van der Waals surface area contributed by atoms with Crippen molar-refractivity contribution < 1.29 is 9.84 Å². The molecule has 6 nitrogen and oxygen atoms in total. The van der Waals surface area contributed by atoms with Gasteiger partial charge in [-0.05, 0) is 0 Å². The summed E-state index contributed by atoms with van der Waals surface area (Å²) in [6.45, 7) is 1.11. The zero-order valence-corrected chi connectivity index (χ0v) is 6.61. The smallest absolute Gasteiger partial charge is 0.324 e. The Morgan fingerprint density at radius 2 is 2.45 bits per heavy atom. The number of methoxy groups -OCH3 is 1. The van der Waals surface area contributed by atoms with Crippen LogP contribution < -0.4 is 5.53 Å². The molecule has 0 atom stereocenters. The van der Waals surface area contributed by atoms with E-state index in [1.54, 1.807) is 14.2 Å². The molecular weight excluding hydrogens is 148 g/mol. The molecule has 0 unspecified atom stereocenters. The number of rotatable bonds is 3. The first-order valence-corrected chi connectivity index (χ1v) is 3.28. The van der Waals surface area contributed by atoms with Gasteiger partial charge < -0.3 is 9.84 Å². The number of hydrogen-bond donors (Lipinski definition) is 2. The van der Waals surface area contributed by atoms with E-state index < -0.39 is 0 Å². The molecule has 0 aromatic carbocycles. The Bertz CT molecular complexity index is 161. The third-order valence-corrected chi connectivity index (χ3v) is 1.27. The highest BCUT2D eigenvalue weighted by Crippen LogP contribution is 1.95. The van der Waals surface area contributed by atoms with Crippen molar-refractivity contribution in [3.63, 3.8) is 0 Å². The minimum atomic E-state index is -0.0375. The van der Waals surface area contributed by atoms with Gasteiger partial charge in [-0.25, -0.2) is 10.1 Å². The highest BCUT2D eigenvalue weighted by atomic mass is 16.5. The van der Waals surface area contributed by atoms with Crippen molar-refractivity contribution in [2.45, 2.75) is 0 Å². The zero-order valence-electron chi connectivity index (χ0n) is 6.61. The number of hydrogen-bond acceptors (Lipinski definition) is 5. The van der Waals surface area contributed by atoms with Crippen LogP contribution in [0, 0.1) is 0 Å². The molecule has 0 saturated carbocycles. The second-order valence-corrected chi connectivity index (χ2v) is 2.17. The van der Waals surface area contributed by atoms with Crippen molar-refractivity contribution in [3.05, 3.63) is 0 Å². The van der Waals surface area contributed by atoms with Crippen LogP contribution in [-0.4, -0.2) is 48.6 Å². The van der Waals surface area contributed by atoms with Gasteiger partial charge in [0, 0.05) is 14.2 Å². The molecule has 1 aliphatic rings. The van der Waals surface area contributed by atoms with Gasteiger partial charge >= 0.3 is 6.02 Å². The van der Waals surface area contributed by atoms with Crippen molar-refractivity contribution in [1.82, 2.24) is 15.7 Å². The molecule has 1 heterocycles. The second-order valence-electron chi connectivity index (χ2n) is 2.17. The van der Waals surface area contributed by atoms with Crippen LogP contribution in [0.3, 0.4) is 0 Å². The van der Waals surface area contributed by atoms with E-state index in [1.807, 2.05) is 0 Å². The highest BCUT2D eigenvalue weighted by molar-refractivity contribution is 5.71. The van der Waals surface area contributed by atoms with Crippen LogP contribution in [0.25, 0.3) is 0 Å². The minimum absolute atomic E-state index is 0.0375. The summed E-state index contributed by atoms with van der Waals surface area (Å²) in [5, 5.41) is 15.7. The van der Waals surface area contributed by atoms with E-state index in [2.05, 4.69) is 10.6 Å². The largest absolute Gasteiger partial charge is 0.478 e. The zero-order chi connectivity index (χ0) is 8.27. The average molecular weight is 160 g/mol. The topological polar surface area (TPSA) is 60.3 Å². The van der Waals surface area contributed by atoms with E-state index >= 15 is 0 Å². The predicted octanol–water partition coefficient (Wildman–Crippen LogP) is -0.871. The summed E-state index contributed by atoms with van der Waals surface area (Å²) in [5.41, 5.74) is 2.77. The van der Waals surface area contributed by atoms with Gasteiger partial charge in [0.15, 0.2) is 0 Å². The predicted molar refractivity (Wildman–Crippen MR) is 39.5 cm³/mol. The molecule has 0 spiro atoms. The summed E-state index contributed by atoms with van der Waals surface area (Å²) in [6.07, 6.45) is 0. The Kier molecular flexibility index (Phi) is 2.50. The van der Waals surface area contributed by atoms with E-state index in [0.717, 1.165) is 0 Å². The third kappa shape index (κ3) is 1.95. The number of aliphatic hydroxyl groups excluding tert-OH is 1. The summed E-state index contributed by atoms with van der Waals surface area (Å²) < 4.78 is 4.82. The summed E-state index contributed by atoms with van der Waals surface area (Å²) in [6, 6.07) is -0.0375. The molecule has 0 aromatic rings. The van der Waals surface area contributed by atoms with Crippen molar-refractivity contribution in [1.29, 1.82) is 0 Å². The van der Waals surface area contributed by atoms with Crippen molar-refractivity contribution >= 4 is 6.02 Å². The van der Waals surface area contributed by atoms with Gasteiger partial charge in [-0.15, -0.1) is 10.6 Å².